The number of anilines is 1. The number of fused-ring (bicyclic) bond motifs is 1. The van der Waals surface area contributed by atoms with E-state index in [9.17, 15) is 0 Å². The molecule has 0 aliphatic carbocycles. The number of H-pyrrole nitrogens is 1. The van der Waals surface area contributed by atoms with Crippen molar-refractivity contribution in [1.29, 1.82) is 5.26 Å². The zero-order valence-corrected chi connectivity index (χ0v) is 11.6. The van der Waals surface area contributed by atoms with Crippen molar-refractivity contribution in [3.8, 4) is 11.9 Å². The zero-order valence-electron chi connectivity index (χ0n) is 11.6. The molecule has 0 amide bonds. The summed E-state index contributed by atoms with van der Waals surface area (Å²) in [6, 6.07) is 11.4. The molecule has 0 aliphatic heterocycles. The van der Waals surface area contributed by atoms with Crippen LogP contribution in [0, 0.1) is 11.3 Å². The second kappa shape index (κ2) is 5.88. The molecule has 0 aliphatic rings. The SMILES string of the molecule is COc1ccc2cccc(NC=C(C#N)c3nn[nH]n3)c2n1. The van der Waals surface area contributed by atoms with E-state index in [2.05, 4.69) is 30.9 Å². The molecule has 8 nitrogen and oxygen atoms in total. The Balaban J connectivity index is 1.98. The lowest BCUT2D eigenvalue weighted by Crippen LogP contribution is -1.96. The number of pyridine rings is 1. The molecular formula is C14H11N7O. The minimum atomic E-state index is 0.223. The first-order chi connectivity index (χ1) is 10.8. The first kappa shape index (κ1) is 13.5. The van der Waals surface area contributed by atoms with Gasteiger partial charge in [0.15, 0.2) is 0 Å². The van der Waals surface area contributed by atoms with Gasteiger partial charge >= 0.3 is 0 Å². The van der Waals surface area contributed by atoms with Gasteiger partial charge in [-0.25, -0.2) is 4.98 Å². The quantitative estimate of drug-likeness (QED) is 0.704. The second-order valence-corrected chi connectivity index (χ2v) is 4.28. The maximum absolute atomic E-state index is 9.16. The van der Waals surface area contributed by atoms with Crippen molar-refractivity contribution in [2.24, 2.45) is 0 Å². The van der Waals surface area contributed by atoms with E-state index in [1.807, 2.05) is 30.3 Å². The number of hydrogen-bond donors (Lipinski definition) is 2. The summed E-state index contributed by atoms with van der Waals surface area (Å²) in [6.45, 7) is 0. The molecule has 8 heteroatoms. The fourth-order valence-corrected chi connectivity index (χ4v) is 1.93. The highest BCUT2D eigenvalue weighted by atomic mass is 16.5. The first-order valence-corrected chi connectivity index (χ1v) is 6.36. The Morgan fingerprint density at radius 2 is 2.27 bits per heavy atom. The number of para-hydroxylation sites is 1. The highest BCUT2D eigenvalue weighted by molar-refractivity contribution is 5.91. The van der Waals surface area contributed by atoms with Crippen molar-refractivity contribution in [3.05, 3.63) is 42.4 Å². The van der Waals surface area contributed by atoms with E-state index in [-0.39, 0.29) is 11.4 Å². The fourth-order valence-electron chi connectivity index (χ4n) is 1.93. The molecule has 2 N–H and O–H groups in total. The molecule has 3 aromatic rings. The molecule has 108 valence electrons. The summed E-state index contributed by atoms with van der Waals surface area (Å²) in [4.78, 5) is 4.41. The van der Waals surface area contributed by atoms with Crippen LogP contribution in [0.25, 0.3) is 16.5 Å². The van der Waals surface area contributed by atoms with Crippen LogP contribution >= 0.6 is 0 Å². The molecule has 0 bridgehead atoms. The first-order valence-electron chi connectivity index (χ1n) is 6.36. The average molecular weight is 293 g/mol. The Morgan fingerprint density at radius 1 is 1.36 bits per heavy atom. The van der Waals surface area contributed by atoms with Crippen LogP contribution in [0.5, 0.6) is 5.88 Å². The zero-order chi connectivity index (χ0) is 15.4. The number of nitrogens with one attached hydrogen (secondary N) is 2. The van der Waals surface area contributed by atoms with Crippen LogP contribution in [0.4, 0.5) is 5.69 Å². The van der Waals surface area contributed by atoms with Gasteiger partial charge in [0.25, 0.3) is 0 Å². The highest BCUT2D eigenvalue weighted by Crippen LogP contribution is 2.24. The average Bonchev–Trinajstić information content (AvgIpc) is 3.09. The number of aromatic nitrogens is 5. The number of aromatic amines is 1. The maximum atomic E-state index is 9.16. The monoisotopic (exact) mass is 293 g/mol. The summed E-state index contributed by atoms with van der Waals surface area (Å²) < 4.78 is 5.14. The Hall–Kier alpha value is -3.47. The van der Waals surface area contributed by atoms with Crippen molar-refractivity contribution >= 4 is 22.2 Å². The maximum Gasteiger partial charge on any atom is 0.216 e. The molecule has 0 spiro atoms. The van der Waals surface area contributed by atoms with Gasteiger partial charge in [0.2, 0.25) is 11.7 Å². The summed E-state index contributed by atoms with van der Waals surface area (Å²) in [7, 11) is 1.56. The van der Waals surface area contributed by atoms with Crippen LogP contribution in [-0.2, 0) is 0 Å². The van der Waals surface area contributed by atoms with Crippen LogP contribution in [0.3, 0.4) is 0 Å². The molecule has 0 unspecified atom stereocenters. The van der Waals surface area contributed by atoms with Gasteiger partial charge < -0.3 is 10.1 Å². The number of ether oxygens (including phenoxy) is 1. The number of hydrogen-bond acceptors (Lipinski definition) is 7. The van der Waals surface area contributed by atoms with E-state index in [0.29, 0.717) is 5.88 Å². The molecule has 2 heterocycles. The number of allylic oxidation sites excluding steroid dienone is 1. The molecule has 0 atom stereocenters. The van der Waals surface area contributed by atoms with Crippen molar-refractivity contribution in [1.82, 2.24) is 25.6 Å². The lowest BCUT2D eigenvalue weighted by molar-refractivity contribution is 0.399. The third kappa shape index (κ3) is 2.55. The van der Waals surface area contributed by atoms with Crippen LogP contribution in [-0.4, -0.2) is 32.7 Å². The Labute approximate surface area is 125 Å². The van der Waals surface area contributed by atoms with Gasteiger partial charge in [0.1, 0.15) is 11.6 Å². The molecule has 0 saturated heterocycles. The number of nitrogens with zero attached hydrogens (tertiary/aromatic N) is 5. The van der Waals surface area contributed by atoms with Gasteiger partial charge in [-0.2, -0.15) is 10.5 Å². The van der Waals surface area contributed by atoms with Crippen molar-refractivity contribution in [3.63, 3.8) is 0 Å². The van der Waals surface area contributed by atoms with E-state index in [1.54, 1.807) is 13.2 Å². The Bertz CT molecular complexity index is 865. The molecular weight excluding hydrogens is 282 g/mol. The van der Waals surface area contributed by atoms with Crippen LogP contribution < -0.4 is 10.1 Å². The van der Waals surface area contributed by atoms with Crippen LogP contribution in [0.2, 0.25) is 0 Å². The number of nitriles is 1. The smallest absolute Gasteiger partial charge is 0.216 e. The van der Waals surface area contributed by atoms with E-state index in [4.69, 9.17) is 10.00 Å². The molecule has 0 fully saturated rings. The van der Waals surface area contributed by atoms with Gasteiger partial charge in [-0.05, 0) is 17.3 Å². The molecule has 22 heavy (non-hydrogen) atoms. The number of methoxy groups -OCH3 is 1. The summed E-state index contributed by atoms with van der Waals surface area (Å²) in [5.74, 6) is 0.741. The van der Waals surface area contributed by atoms with Crippen molar-refractivity contribution in [2.45, 2.75) is 0 Å². The second-order valence-electron chi connectivity index (χ2n) is 4.28. The van der Waals surface area contributed by atoms with E-state index in [1.165, 1.54) is 6.20 Å². The molecule has 3 rings (SSSR count). The minimum Gasteiger partial charge on any atom is -0.481 e. The predicted octanol–water partition coefficient (Wildman–Crippen LogP) is 1.73. The molecule has 2 aromatic heterocycles. The van der Waals surface area contributed by atoms with E-state index < -0.39 is 0 Å². The summed E-state index contributed by atoms with van der Waals surface area (Å²) in [6.07, 6.45) is 1.51. The van der Waals surface area contributed by atoms with Crippen molar-refractivity contribution in [2.75, 3.05) is 12.4 Å². The van der Waals surface area contributed by atoms with E-state index in [0.717, 1.165) is 16.6 Å². The van der Waals surface area contributed by atoms with Gasteiger partial charge in [-0.1, -0.05) is 12.1 Å². The molecule has 1 aromatic carbocycles. The predicted molar refractivity (Wildman–Crippen MR) is 79.7 cm³/mol. The lowest BCUT2D eigenvalue weighted by Gasteiger charge is -2.07. The number of tetrazole rings is 1. The lowest BCUT2D eigenvalue weighted by atomic mass is 10.2. The molecule has 0 saturated carbocycles. The summed E-state index contributed by atoms with van der Waals surface area (Å²) >= 11 is 0. The third-order valence-corrected chi connectivity index (χ3v) is 2.98. The van der Waals surface area contributed by atoms with Gasteiger partial charge in [0.05, 0.1) is 18.3 Å². The largest absolute Gasteiger partial charge is 0.481 e. The third-order valence-electron chi connectivity index (χ3n) is 2.98. The number of benzene rings is 1. The van der Waals surface area contributed by atoms with Gasteiger partial charge in [-0.15, -0.1) is 10.2 Å². The van der Waals surface area contributed by atoms with Gasteiger partial charge in [-0.3, -0.25) is 0 Å². The number of rotatable bonds is 4. The standard InChI is InChI=1S/C14H11N7O/c1-22-12-6-5-9-3-2-4-11(13(9)17-12)16-8-10(7-15)14-18-20-21-19-14/h2-6,8,16H,1H3,(H,18,19,20,21). The topological polar surface area (TPSA) is 112 Å². The summed E-state index contributed by atoms with van der Waals surface area (Å²) in [5.41, 5.74) is 1.74. The minimum absolute atomic E-state index is 0.223. The van der Waals surface area contributed by atoms with Crippen molar-refractivity contribution < 1.29 is 4.74 Å². The summed E-state index contributed by atoms with van der Waals surface area (Å²) in [5, 5.41) is 26.5. The Morgan fingerprint density at radius 3 is 3.00 bits per heavy atom. The van der Waals surface area contributed by atoms with Crippen LogP contribution in [0.15, 0.2) is 36.5 Å². The normalized spacial score (nSPS) is 11.2. The van der Waals surface area contributed by atoms with Gasteiger partial charge in [0, 0.05) is 17.7 Å². The molecule has 0 radical (unpaired) electrons. The van der Waals surface area contributed by atoms with E-state index >= 15 is 0 Å². The highest BCUT2D eigenvalue weighted by Gasteiger charge is 2.07. The Kier molecular flexibility index (Phi) is 3.61. The van der Waals surface area contributed by atoms with Crippen LogP contribution in [0.1, 0.15) is 5.82 Å². The fraction of sp³-hybridized carbons (Fsp3) is 0.0714.